The van der Waals surface area contributed by atoms with Crippen molar-refractivity contribution in [2.75, 3.05) is 0 Å². The van der Waals surface area contributed by atoms with E-state index in [4.69, 9.17) is 4.42 Å². The predicted octanol–water partition coefficient (Wildman–Crippen LogP) is 4.47. The van der Waals surface area contributed by atoms with E-state index >= 15 is 0 Å². The molecular weight excluding hydrogens is 248 g/mol. The minimum Gasteiger partial charge on any atom is -0.461 e. The Morgan fingerprint density at radius 1 is 1.10 bits per heavy atom. The highest BCUT2D eigenvalue weighted by Gasteiger charge is 2.16. The fourth-order valence-electron chi connectivity index (χ4n) is 3.07. The van der Waals surface area contributed by atoms with E-state index in [2.05, 4.69) is 48.4 Å². The van der Waals surface area contributed by atoms with Gasteiger partial charge in [0.2, 0.25) is 0 Å². The highest BCUT2D eigenvalue weighted by atomic mass is 16.3. The van der Waals surface area contributed by atoms with Crippen LogP contribution in [0.1, 0.15) is 22.6 Å². The van der Waals surface area contributed by atoms with Gasteiger partial charge in [0.1, 0.15) is 17.0 Å². The number of nitrogens with zero attached hydrogens (tertiary/aromatic N) is 2. The lowest BCUT2D eigenvalue weighted by Crippen LogP contribution is -1.94. The van der Waals surface area contributed by atoms with Crippen LogP contribution in [0.15, 0.2) is 28.8 Å². The van der Waals surface area contributed by atoms with Gasteiger partial charge in [0, 0.05) is 17.3 Å². The molecule has 0 atom stereocenters. The number of benzene rings is 1. The maximum absolute atomic E-state index is 5.98. The molecule has 0 N–H and O–H groups in total. The summed E-state index contributed by atoms with van der Waals surface area (Å²) in [5.74, 6) is 0.927. The summed E-state index contributed by atoms with van der Waals surface area (Å²) in [5.41, 5.74) is 6.80. The molecule has 0 unspecified atom stereocenters. The summed E-state index contributed by atoms with van der Waals surface area (Å²) in [5, 5.41) is 2.29. The lowest BCUT2D eigenvalue weighted by molar-refractivity contribution is 0.581. The van der Waals surface area contributed by atoms with Gasteiger partial charge in [0.15, 0.2) is 0 Å². The summed E-state index contributed by atoms with van der Waals surface area (Å²) in [6.07, 6.45) is 1.92. The van der Waals surface area contributed by atoms with Crippen molar-refractivity contribution >= 4 is 27.5 Å². The number of furan rings is 1. The van der Waals surface area contributed by atoms with E-state index in [0.29, 0.717) is 0 Å². The number of rotatable bonds is 0. The average Bonchev–Trinajstić information content (AvgIpc) is 2.97. The molecule has 0 amide bonds. The van der Waals surface area contributed by atoms with Gasteiger partial charge >= 0.3 is 0 Å². The van der Waals surface area contributed by atoms with Crippen LogP contribution in [-0.2, 0) is 0 Å². The topological polar surface area (TPSA) is 30.4 Å². The first-order valence-electron chi connectivity index (χ1n) is 6.84. The smallest absolute Gasteiger partial charge is 0.148 e. The number of aromatic nitrogens is 2. The predicted molar refractivity (Wildman–Crippen MR) is 81.4 cm³/mol. The second-order valence-corrected chi connectivity index (χ2v) is 5.56. The molecule has 0 bridgehead atoms. The quantitative estimate of drug-likeness (QED) is 0.469. The molecule has 3 aromatic heterocycles. The number of aryl methyl sites for hydroxylation is 4. The highest BCUT2D eigenvalue weighted by Crippen LogP contribution is 2.34. The van der Waals surface area contributed by atoms with Crippen molar-refractivity contribution in [1.29, 1.82) is 0 Å². The van der Waals surface area contributed by atoms with E-state index in [-0.39, 0.29) is 0 Å². The zero-order chi connectivity index (χ0) is 14.0. The van der Waals surface area contributed by atoms with Crippen LogP contribution in [0.25, 0.3) is 27.5 Å². The molecule has 0 saturated heterocycles. The van der Waals surface area contributed by atoms with Crippen molar-refractivity contribution in [3.8, 4) is 0 Å². The van der Waals surface area contributed by atoms with E-state index in [1.54, 1.807) is 0 Å². The molecule has 0 fully saturated rings. The average molecular weight is 264 g/mol. The maximum Gasteiger partial charge on any atom is 0.148 e. The van der Waals surface area contributed by atoms with E-state index in [0.717, 1.165) is 28.1 Å². The van der Waals surface area contributed by atoms with E-state index in [1.165, 1.54) is 22.0 Å². The first kappa shape index (κ1) is 11.5. The van der Waals surface area contributed by atoms with Gasteiger partial charge in [-0.25, -0.2) is 4.98 Å². The summed E-state index contributed by atoms with van der Waals surface area (Å²) >= 11 is 0. The first-order chi connectivity index (χ1) is 9.58. The monoisotopic (exact) mass is 264 g/mol. The van der Waals surface area contributed by atoms with E-state index in [9.17, 15) is 0 Å². The summed E-state index contributed by atoms with van der Waals surface area (Å²) in [6, 6.07) is 6.41. The third-order valence-electron chi connectivity index (χ3n) is 4.22. The van der Waals surface area contributed by atoms with Crippen LogP contribution in [0.2, 0.25) is 0 Å². The Labute approximate surface area is 116 Å². The number of fused-ring (bicyclic) bond motifs is 6. The molecule has 3 nitrogen and oxygen atoms in total. The van der Waals surface area contributed by atoms with Crippen molar-refractivity contribution in [2.24, 2.45) is 0 Å². The van der Waals surface area contributed by atoms with Gasteiger partial charge in [-0.15, -0.1) is 0 Å². The number of imidazole rings is 1. The van der Waals surface area contributed by atoms with Gasteiger partial charge in [-0.05, 0) is 51.0 Å². The minimum absolute atomic E-state index is 0.927. The molecule has 20 heavy (non-hydrogen) atoms. The van der Waals surface area contributed by atoms with Crippen LogP contribution in [0.3, 0.4) is 0 Å². The van der Waals surface area contributed by atoms with Crippen molar-refractivity contribution < 1.29 is 4.42 Å². The highest BCUT2D eigenvalue weighted by molar-refractivity contribution is 6.10. The number of hydrogen-bond donors (Lipinski definition) is 0. The van der Waals surface area contributed by atoms with Gasteiger partial charge < -0.3 is 4.42 Å². The van der Waals surface area contributed by atoms with Crippen molar-refractivity contribution in [2.45, 2.75) is 27.7 Å². The molecular formula is C17H16N2O. The maximum atomic E-state index is 5.98. The molecule has 0 saturated carbocycles. The van der Waals surface area contributed by atoms with Crippen molar-refractivity contribution in [1.82, 2.24) is 9.38 Å². The lowest BCUT2D eigenvalue weighted by atomic mass is 10.0. The second-order valence-electron chi connectivity index (χ2n) is 5.56. The molecule has 0 aliphatic carbocycles. The van der Waals surface area contributed by atoms with Crippen molar-refractivity contribution in [3.05, 3.63) is 47.0 Å². The van der Waals surface area contributed by atoms with Gasteiger partial charge in [0.25, 0.3) is 0 Å². The Morgan fingerprint density at radius 3 is 2.70 bits per heavy atom. The third-order valence-corrected chi connectivity index (χ3v) is 4.22. The summed E-state index contributed by atoms with van der Waals surface area (Å²) < 4.78 is 8.20. The number of hydrogen-bond acceptors (Lipinski definition) is 2. The molecule has 0 aliphatic rings. The second kappa shape index (κ2) is 3.63. The Balaban J connectivity index is 2.47. The molecule has 0 spiro atoms. The van der Waals surface area contributed by atoms with Gasteiger partial charge in [-0.2, -0.15) is 0 Å². The molecule has 3 heteroatoms. The van der Waals surface area contributed by atoms with Crippen LogP contribution in [-0.4, -0.2) is 9.38 Å². The Morgan fingerprint density at radius 2 is 1.90 bits per heavy atom. The normalized spacial score (nSPS) is 12.0. The SMILES string of the molecule is Cc1cc2c(o1)c1c(C)c(C)ccc1n1c(C)cnc21. The Hall–Kier alpha value is -2.29. The number of pyridine rings is 1. The van der Waals surface area contributed by atoms with Crippen LogP contribution in [0, 0.1) is 27.7 Å². The fraction of sp³-hybridized carbons (Fsp3) is 0.235. The molecule has 100 valence electrons. The van der Waals surface area contributed by atoms with Crippen molar-refractivity contribution in [3.63, 3.8) is 0 Å². The minimum atomic E-state index is 0.927. The molecule has 1 aromatic carbocycles. The largest absolute Gasteiger partial charge is 0.461 e. The molecule has 0 aliphatic heterocycles. The third kappa shape index (κ3) is 1.27. The summed E-state index contributed by atoms with van der Waals surface area (Å²) in [6.45, 7) is 8.38. The fourth-order valence-corrected chi connectivity index (χ4v) is 3.07. The molecule has 0 radical (unpaired) electrons. The zero-order valence-electron chi connectivity index (χ0n) is 12.1. The Kier molecular flexibility index (Phi) is 2.09. The summed E-state index contributed by atoms with van der Waals surface area (Å²) in [7, 11) is 0. The van der Waals surface area contributed by atoms with Gasteiger partial charge in [0.05, 0.1) is 10.9 Å². The summed E-state index contributed by atoms with van der Waals surface area (Å²) in [4.78, 5) is 4.56. The van der Waals surface area contributed by atoms with E-state index < -0.39 is 0 Å². The van der Waals surface area contributed by atoms with E-state index in [1.807, 2.05) is 13.1 Å². The molecule has 4 aromatic rings. The van der Waals surface area contributed by atoms with Crippen LogP contribution in [0.5, 0.6) is 0 Å². The zero-order valence-corrected chi connectivity index (χ0v) is 12.1. The van der Waals surface area contributed by atoms with Crippen LogP contribution in [0.4, 0.5) is 0 Å². The van der Waals surface area contributed by atoms with Gasteiger partial charge in [-0.3, -0.25) is 4.40 Å². The van der Waals surface area contributed by atoms with Gasteiger partial charge in [-0.1, -0.05) is 6.07 Å². The standard InChI is InChI=1S/C17H16N2O/c1-9-5-6-14-15(12(9)4)16-13(7-11(3)20-16)17-18-8-10(2)19(14)17/h5-8H,1-4H3. The Bertz CT molecular complexity index is 989. The lowest BCUT2D eigenvalue weighted by Gasteiger charge is -2.10. The molecule has 4 rings (SSSR count). The molecule has 3 heterocycles. The first-order valence-corrected chi connectivity index (χ1v) is 6.84. The van der Waals surface area contributed by atoms with Crippen LogP contribution >= 0.6 is 0 Å². The van der Waals surface area contributed by atoms with Crippen LogP contribution < -0.4 is 0 Å².